The number of benzene rings is 2. The molecular weight excluding hydrogens is 308 g/mol. The Morgan fingerprint density at radius 3 is 2.12 bits per heavy atom. The van der Waals surface area contributed by atoms with Crippen LogP contribution < -0.4 is 4.74 Å². The number of carbonyl (C=O) groups is 1. The number of ether oxygens (including phenoxy) is 1. The molecule has 0 aromatic heterocycles. The lowest BCUT2D eigenvalue weighted by Gasteiger charge is -2.31. The average Bonchev–Trinajstić information content (AvgIpc) is 3.14. The predicted octanol–water partition coefficient (Wildman–Crippen LogP) is 5.59. The van der Waals surface area contributed by atoms with Gasteiger partial charge in [-0.15, -0.1) is 0 Å². The number of hydrogen-bond donors (Lipinski definition) is 0. The third-order valence-corrected chi connectivity index (χ3v) is 5.29. The molecule has 1 aliphatic rings. The third kappa shape index (κ3) is 3.68. The molecule has 0 radical (unpaired) electrons. The summed E-state index contributed by atoms with van der Waals surface area (Å²) in [6, 6.07) is 17.2. The maximum absolute atomic E-state index is 11.4. The summed E-state index contributed by atoms with van der Waals surface area (Å²) in [5.41, 5.74) is 4.21. The van der Waals surface area contributed by atoms with E-state index < -0.39 is 5.97 Å². The molecule has 0 atom stereocenters. The highest BCUT2D eigenvalue weighted by Crippen LogP contribution is 2.46. The molecule has 0 aliphatic heterocycles. The largest absolute Gasteiger partial charge is 0.423 e. The standard InChI is InChI=1S/C23H26O2/c1-3-7-18-8-10-19(11-9-18)23(16-5-6-17-23)20-12-14-21(15-13-20)25-22(24)4-2/h4,8-15H,2-3,5-7,16-17H2,1H3. The molecule has 0 amide bonds. The second kappa shape index (κ2) is 7.69. The highest BCUT2D eigenvalue weighted by atomic mass is 16.5. The first-order valence-electron chi connectivity index (χ1n) is 9.22. The van der Waals surface area contributed by atoms with Crippen LogP contribution in [-0.2, 0) is 16.6 Å². The van der Waals surface area contributed by atoms with Crippen molar-refractivity contribution >= 4 is 5.97 Å². The smallest absolute Gasteiger partial charge is 0.335 e. The van der Waals surface area contributed by atoms with Crippen LogP contribution in [0.25, 0.3) is 0 Å². The highest BCUT2D eigenvalue weighted by molar-refractivity contribution is 5.83. The van der Waals surface area contributed by atoms with Gasteiger partial charge in [-0.05, 0) is 48.1 Å². The Morgan fingerprint density at radius 2 is 1.60 bits per heavy atom. The van der Waals surface area contributed by atoms with E-state index in [1.165, 1.54) is 54.9 Å². The van der Waals surface area contributed by atoms with Gasteiger partial charge >= 0.3 is 5.97 Å². The van der Waals surface area contributed by atoms with E-state index in [9.17, 15) is 4.79 Å². The molecule has 2 nitrogen and oxygen atoms in total. The zero-order chi connectivity index (χ0) is 17.7. The molecule has 0 bridgehead atoms. The second-order valence-corrected chi connectivity index (χ2v) is 6.89. The molecule has 0 heterocycles. The van der Waals surface area contributed by atoms with E-state index in [0.29, 0.717) is 5.75 Å². The van der Waals surface area contributed by atoms with Crippen molar-refractivity contribution < 1.29 is 9.53 Å². The van der Waals surface area contributed by atoms with Gasteiger partial charge in [0, 0.05) is 11.5 Å². The molecular formula is C23H26O2. The summed E-state index contributed by atoms with van der Waals surface area (Å²) in [6.07, 6.45) is 8.35. The first-order chi connectivity index (χ1) is 12.2. The van der Waals surface area contributed by atoms with E-state index in [0.717, 1.165) is 6.42 Å². The van der Waals surface area contributed by atoms with E-state index in [2.05, 4.69) is 49.9 Å². The van der Waals surface area contributed by atoms with Crippen LogP contribution in [0.4, 0.5) is 0 Å². The Balaban J connectivity index is 1.89. The molecule has 130 valence electrons. The number of esters is 1. The quantitative estimate of drug-likeness (QED) is 0.391. The Bertz CT molecular complexity index is 720. The molecule has 0 saturated heterocycles. The summed E-state index contributed by atoms with van der Waals surface area (Å²) in [6.45, 7) is 5.65. The molecule has 1 aliphatic carbocycles. The summed E-state index contributed by atoms with van der Waals surface area (Å²) >= 11 is 0. The molecule has 0 unspecified atom stereocenters. The van der Waals surface area contributed by atoms with Gasteiger partial charge < -0.3 is 4.74 Å². The molecule has 3 rings (SSSR count). The third-order valence-electron chi connectivity index (χ3n) is 5.29. The fourth-order valence-corrected chi connectivity index (χ4v) is 4.00. The monoisotopic (exact) mass is 334 g/mol. The van der Waals surface area contributed by atoms with Crippen molar-refractivity contribution in [3.05, 3.63) is 77.9 Å². The number of carbonyl (C=O) groups excluding carboxylic acids is 1. The topological polar surface area (TPSA) is 26.3 Å². The number of aryl methyl sites for hydroxylation is 1. The summed E-state index contributed by atoms with van der Waals surface area (Å²) in [4.78, 5) is 11.4. The van der Waals surface area contributed by atoms with E-state index >= 15 is 0 Å². The van der Waals surface area contributed by atoms with Gasteiger partial charge in [0.15, 0.2) is 0 Å². The van der Waals surface area contributed by atoms with Gasteiger partial charge in [-0.2, -0.15) is 0 Å². The van der Waals surface area contributed by atoms with E-state index in [1.54, 1.807) is 0 Å². The van der Waals surface area contributed by atoms with E-state index in [1.807, 2.05) is 12.1 Å². The Labute approximate surface area is 150 Å². The van der Waals surface area contributed by atoms with Crippen LogP contribution in [0.1, 0.15) is 55.7 Å². The maximum atomic E-state index is 11.4. The van der Waals surface area contributed by atoms with Crippen molar-refractivity contribution in [3.8, 4) is 5.75 Å². The fraction of sp³-hybridized carbons (Fsp3) is 0.348. The van der Waals surface area contributed by atoms with Crippen LogP contribution in [0.15, 0.2) is 61.2 Å². The number of hydrogen-bond acceptors (Lipinski definition) is 2. The molecule has 2 aromatic rings. The van der Waals surface area contributed by atoms with Gasteiger partial charge in [-0.1, -0.05) is 69.2 Å². The van der Waals surface area contributed by atoms with Crippen LogP contribution in [0.5, 0.6) is 5.75 Å². The first kappa shape index (κ1) is 17.5. The van der Waals surface area contributed by atoms with E-state index in [4.69, 9.17) is 4.74 Å². The van der Waals surface area contributed by atoms with Gasteiger partial charge in [0.1, 0.15) is 5.75 Å². The summed E-state index contributed by atoms with van der Waals surface area (Å²) < 4.78 is 5.21. The van der Waals surface area contributed by atoms with Crippen molar-refractivity contribution in [2.45, 2.75) is 50.9 Å². The maximum Gasteiger partial charge on any atom is 0.335 e. The molecule has 2 aromatic carbocycles. The molecule has 1 fully saturated rings. The van der Waals surface area contributed by atoms with Gasteiger partial charge in [-0.3, -0.25) is 0 Å². The summed E-state index contributed by atoms with van der Waals surface area (Å²) in [5.74, 6) is 0.148. The normalized spacial score (nSPS) is 15.7. The minimum Gasteiger partial charge on any atom is -0.423 e. The van der Waals surface area contributed by atoms with Crippen molar-refractivity contribution in [3.63, 3.8) is 0 Å². The Hall–Kier alpha value is -2.35. The lowest BCUT2D eigenvalue weighted by molar-refractivity contribution is -0.128. The molecule has 1 saturated carbocycles. The molecule has 0 N–H and O–H groups in total. The Morgan fingerprint density at radius 1 is 1.04 bits per heavy atom. The minimum absolute atomic E-state index is 0.0890. The zero-order valence-corrected chi connectivity index (χ0v) is 15.0. The summed E-state index contributed by atoms with van der Waals surface area (Å²) in [5, 5.41) is 0. The highest BCUT2D eigenvalue weighted by Gasteiger charge is 2.37. The second-order valence-electron chi connectivity index (χ2n) is 6.89. The van der Waals surface area contributed by atoms with Crippen molar-refractivity contribution in [2.24, 2.45) is 0 Å². The van der Waals surface area contributed by atoms with Gasteiger partial charge in [-0.25, -0.2) is 4.79 Å². The zero-order valence-electron chi connectivity index (χ0n) is 15.0. The average molecular weight is 334 g/mol. The lowest BCUT2D eigenvalue weighted by Crippen LogP contribution is -2.23. The minimum atomic E-state index is -0.421. The van der Waals surface area contributed by atoms with E-state index in [-0.39, 0.29) is 5.41 Å². The van der Waals surface area contributed by atoms with Gasteiger partial charge in [0.05, 0.1) is 0 Å². The molecule has 0 spiro atoms. The fourth-order valence-electron chi connectivity index (χ4n) is 4.00. The van der Waals surface area contributed by atoms with Crippen LogP contribution in [0.2, 0.25) is 0 Å². The van der Waals surface area contributed by atoms with Crippen LogP contribution in [-0.4, -0.2) is 5.97 Å². The lowest BCUT2D eigenvalue weighted by atomic mass is 9.73. The Kier molecular flexibility index (Phi) is 5.37. The predicted molar refractivity (Wildman–Crippen MR) is 102 cm³/mol. The van der Waals surface area contributed by atoms with Gasteiger partial charge in [0.2, 0.25) is 0 Å². The van der Waals surface area contributed by atoms with Crippen molar-refractivity contribution in [1.29, 1.82) is 0 Å². The van der Waals surface area contributed by atoms with Gasteiger partial charge in [0.25, 0.3) is 0 Å². The van der Waals surface area contributed by atoms with Crippen molar-refractivity contribution in [1.82, 2.24) is 0 Å². The molecule has 2 heteroatoms. The van der Waals surface area contributed by atoms with Crippen molar-refractivity contribution in [2.75, 3.05) is 0 Å². The summed E-state index contributed by atoms with van der Waals surface area (Å²) in [7, 11) is 0. The molecule has 25 heavy (non-hydrogen) atoms. The first-order valence-corrected chi connectivity index (χ1v) is 9.22. The van der Waals surface area contributed by atoms with Crippen LogP contribution in [0.3, 0.4) is 0 Å². The SMILES string of the molecule is C=CC(=O)Oc1ccc(C2(c3ccc(CCC)cc3)CCCC2)cc1. The number of rotatable bonds is 6. The van der Waals surface area contributed by atoms with Crippen LogP contribution in [0, 0.1) is 0 Å². The van der Waals surface area contributed by atoms with Crippen LogP contribution >= 0.6 is 0 Å².